The average Bonchev–Trinajstić information content (AvgIpc) is 2.68. The first-order valence-corrected chi connectivity index (χ1v) is 9.34. The number of rotatable bonds is 3. The number of anilines is 1. The summed E-state index contributed by atoms with van der Waals surface area (Å²) < 4.78 is 0. The normalized spacial score (nSPS) is 16.8. The Labute approximate surface area is 162 Å². The number of hydrogen-bond acceptors (Lipinski definition) is 5. The Kier molecular flexibility index (Phi) is 4.83. The maximum Gasteiger partial charge on any atom is 0.413 e. The van der Waals surface area contributed by atoms with Gasteiger partial charge in [0.2, 0.25) is 0 Å². The zero-order chi connectivity index (χ0) is 19.7. The van der Waals surface area contributed by atoms with Crippen LogP contribution in [-0.2, 0) is 0 Å². The molecule has 1 aliphatic heterocycles. The van der Waals surface area contributed by atoms with Gasteiger partial charge in [0.15, 0.2) is 5.82 Å². The summed E-state index contributed by atoms with van der Waals surface area (Å²) in [5, 5.41) is 24.2. The van der Waals surface area contributed by atoms with E-state index in [4.69, 9.17) is 0 Å². The molecule has 1 aromatic heterocycles. The van der Waals surface area contributed by atoms with E-state index in [9.17, 15) is 15.0 Å². The molecule has 3 aromatic rings. The summed E-state index contributed by atoms with van der Waals surface area (Å²) in [4.78, 5) is 22.8. The number of amides is 1. The molecule has 1 saturated heterocycles. The quantitative estimate of drug-likeness (QED) is 0.645. The number of fused-ring (bicyclic) bond motifs is 1. The Morgan fingerprint density at radius 2 is 2.04 bits per heavy atom. The molecule has 7 heteroatoms. The molecular weight excluding hydrogens is 356 g/mol. The number of aryl methyl sites for hydroxylation is 1. The van der Waals surface area contributed by atoms with E-state index >= 15 is 0 Å². The lowest BCUT2D eigenvalue weighted by atomic mass is 10.0. The number of hydrogen-bond donors (Lipinski definition) is 3. The van der Waals surface area contributed by atoms with Gasteiger partial charge in [0, 0.05) is 11.9 Å². The zero-order valence-electron chi connectivity index (χ0n) is 15.6. The van der Waals surface area contributed by atoms with Crippen LogP contribution in [0.3, 0.4) is 0 Å². The maximum absolute atomic E-state index is 12.2. The average molecular weight is 378 g/mol. The van der Waals surface area contributed by atoms with Crippen molar-refractivity contribution in [2.75, 3.05) is 18.0 Å². The van der Waals surface area contributed by atoms with Crippen LogP contribution >= 0.6 is 0 Å². The topological polar surface area (TPSA) is 98.6 Å². The predicted octanol–water partition coefficient (Wildman–Crippen LogP) is 3.55. The molecule has 0 bridgehead atoms. The molecule has 1 aliphatic rings. The first kappa shape index (κ1) is 18.2. The highest BCUT2D eigenvalue weighted by molar-refractivity contribution is 5.99. The lowest BCUT2D eigenvalue weighted by Crippen LogP contribution is -2.49. The smallest absolute Gasteiger partial charge is 0.413 e. The molecule has 0 aliphatic carbocycles. The van der Waals surface area contributed by atoms with Crippen LogP contribution in [0.25, 0.3) is 22.3 Å². The van der Waals surface area contributed by atoms with Crippen molar-refractivity contribution in [1.82, 2.24) is 15.3 Å². The molecule has 2 aromatic carbocycles. The molecule has 3 N–H and O–H groups in total. The molecule has 1 fully saturated rings. The van der Waals surface area contributed by atoms with Crippen molar-refractivity contribution in [2.45, 2.75) is 25.8 Å². The molecule has 7 nitrogen and oxygen atoms in total. The summed E-state index contributed by atoms with van der Waals surface area (Å²) in [7, 11) is 0. The summed E-state index contributed by atoms with van der Waals surface area (Å²) in [5.74, 6) is 0.715. The molecule has 2 heterocycles. The second kappa shape index (κ2) is 7.44. The Hall–Kier alpha value is -3.19. The number of carbonyl (C=O) groups is 1. The number of carboxylic acid groups (broad SMARTS) is 1. The number of para-hydroxylation sites is 1. The molecule has 0 radical (unpaired) electrons. The Balaban J connectivity index is 1.95. The van der Waals surface area contributed by atoms with Crippen molar-refractivity contribution in [3.8, 4) is 17.1 Å². The van der Waals surface area contributed by atoms with Crippen LogP contribution in [-0.4, -0.2) is 45.4 Å². The van der Waals surface area contributed by atoms with Crippen LogP contribution in [0.1, 0.15) is 18.4 Å². The summed E-state index contributed by atoms with van der Waals surface area (Å²) in [5.41, 5.74) is 2.14. The highest BCUT2D eigenvalue weighted by atomic mass is 16.4. The number of phenolic OH excluding ortho intramolecular Hbond substituents is 1. The van der Waals surface area contributed by atoms with Gasteiger partial charge in [-0.2, -0.15) is 0 Å². The van der Waals surface area contributed by atoms with Gasteiger partial charge >= 0.3 is 6.09 Å². The number of nitrogens with zero attached hydrogens (tertiary/aromatic N) is 3. The fraction of sp³-hybridized carbons (Fsp3) is 0.286. The minimum absolute atomic E-state index is 0.0571. The van der Waals surface area contributed by atoms with Crippen molar-refractivity contribution in [1.29, 1.82) is 0 Å². The van der Waals surface area contributed by atoms with Crippen molar-refractivity contribution >= 4 is 22.8 Å². The fourth-order valence-electron chi connectivity index (χ4n) is 3.66. The molecule has 1 atom stereocenters. The summed E-state index contributed by atoms with van der Waals surface area (Å²) in [6.07, 6.45) is 0.628. The van der Waals surface area contributed by atoms with Gasteiger partial charge in [0.05, 0.1) is 17.1 Å². The molecule has 4 rings (SSSR count). The van der Waals surface area contributed by atoms with Crippen molar-refractivity contribution < 1.29 is 15.0 Å². The number of aromatic hydroxyl groups is 1. The monoisotopic (exact) mass is 378 g/mol. The highest BCUT2D eigenvalue weighted by Crippen LogP contribution is 2.33. The molecule has 1 unspecified atom stereocenters. The van der Waals surface area contributed by atoms with E-state index in [1.54, 1.807) is 24.3 Å². The van der Waals surface area contributed by atoms with Gasteiger partial charge < -0.3 is 15.5 Å². The molecule has 144 valence electrons. The summed E-state index contributed by atoms with van der Waals surface area (Å²) in [6, 6.07) is 12.3. The molecule has 0 saturated carbocycles. The van der Waals surface area contributed by atoms with Crippen LogP contribution < -0.4 is 10.2 Å². The largest absolute Gasteiger partial charge is 0.507 e. The van der Waals surface area contributed by atoms with Gasteiger partial charge in [-0.05, 0) is 56.1 Å². The second-order valence-corrected chi connectivity index (χ2v) is 7.06. The highest BCUT2D eigenvalue weighted by Gasteiger charge is 2.30. The van der Waals surface area contributed by atoms with Crippen LogP contribution in [0.15, 0.2) is 42.5 Å². The number of benzene rings is 2. The van der Waals surface area contributed by atoms with Crippen molar-refractivity contribution in [3.05, 3.63) is 48.0 Å². The SMILES string of the molecule is Cc1ccc2c(N(C(=O)O)C3CCCNC3)nc(-c3ccccc3O)nc2c1. The molecule has 0 spiro atoms. The summed E-state index contributed by atoms with van der Waals surface area (Å²) in [6.45, 7) is 3.42. The van der Waals surface area contributed by atoms with Gasteiger partial charge in [-0.3, -0.25) is 4.90 Å². The van der Waals surface area contributed by atoms with Crippen LogP contribution in [0.4, 0.5) is 10.6 Å². The van der Waals surface area contributed by atoms with E-state index in [2.05, 4.69) is 15.3 Å². The third-order valence-corrected chi connectivity index (χ3v) is 5.05. The Morgan fingerprint density at radius 3 is 2.75 bits per heavy atom. The minimum atomic E-state index is -1.04. The lowest BCUT2D eigenvalue weighted by Gasteiger charge is -2.32. The summed E-state index contributed by atoms with van der Waals surface area (Å²) >= 11 is 0. The standard InChI is InChI=1S/C21H22N4O3/c1-13-8-9-15-17(11-13)23-19(16-6-2-3-7-18(16)26)24-20(15)25(21(27)28)14-5-4-10-22-12-14/h2-3,6-9,11,14,22,26H,4-5,10,12H2,1H3,(H,27,28). The zero-order valence-corrected chi connectivity index (χ0v) is 15.6. The molecule has 1 amide bonds. The van der Waals surface area contributed by atoms with Gasteiger partial charge in [0.25, 0.3) is 0 Å². The number of aromatic nitrogens is 2. The minimum Gasteiger partial charge on any atom is -0.507 e. The van der Waals surface area contributed by atoms with Gasteiger partial charge in [-0.15, -0.1) is 0 Å². The number of phenols is 1. The van der Waals surface area contributed by atoms with E-state index in [0.29, 0.717) is 34.7 Å². The first-order chi connectivity index (χ1) is 13.5. The van der Waals surface area contributed by atoms with Crippen LogP contribution in [0, 0.1) is 6.92 Å². The fourth-order valence-corrected chi connectivity index (χ4v) is 3.66. The van der Waals surface area contributed by atoms with Crippen molar-refractivity contribution in [2.24, 2.45) is 0 Å². The maximum atomic E-state index is 12.2. The van der Waals surface area contributed by atoms with E-state index < -0.39 is 6.09 Å². The Morgan fingerprint density at radius 1 is 1.21 bits per heavy atom. The number of piperidine rings is 1. The Bertz CT molecular complexity index is 1030. The van der Waals surface area contributed by atoms with Gasteiger partial charge in [-0.25, -0.2) is 14.8 Å². The van der Waals surface area contributed by atoms with Crippen LogP contribution in [0.5, 0.6) is 5.75 Å². The third-order valence-electron chi connectivity index (χ3n) is 5.05. The molecular formula is C21H22N4O3. The van der Waals surface area contributed by atoms with E-state index in [-0.39, 0.29) is 11.8 Å². The molecule has 28 heavy (non-hydrogen) atoms. The number of nitrogens with one attached hydrogen (secondary N) is 1. The van der Waals surface area contributed by atoms with Crippen molar-refractivity contribution in [3.63, 3.8) is 0 Å². The van der Waals surface area contributed by atoms with E-state index in [1.165, 1.54) is 4.90 Å². The first-order valence-electron chi connectivity index (χ1n) is 9.34. The van der Waals surface area contributed by atoms with E-state index in [1.807, 2.05) is 25.1 Å². The van der Waals surface area contributed by atoms with Crippen LogP contribution in [0.2, 0.25) is 0 Å². The van der Waals surface area contributed by atoms with E-state index in [0.717, 1.165) is 24.9 Å². The van der Waals surface area contributed by atoms with Gasteiger partial charge in [0.1, 0.15) is 11.6 Å². The lowest BCUT2D eigenvalue weighted by molar-refractivity contribution is 0.197. The predicted molar refractivity (Wildman–Crippen MR) is 108 cm³/mol. The third kappa shape index (κ3) is 3.36. The second-order valence-electron chi connectivity index (χ2n) is 7.06. The van der Waals surface area contributed by atoms with Gasteiger partial charge in [-0.1, -0.05) is 18.2 Å².